The lowest BCUT2D eigenvalue weighted by molar-refractivity contribution is 1.12. The fourth-order valence-electron chi connectivity index (χ4n) is 1.88. The Bertz CT molecular complexity index is 602. The lowest BCUT2D eigenvalue weighted by Gasteiger charge is -2.12. The molecule has 0 bridgehead atoms. The molecule has 2 N–H and O–H groups in total. The van der Waals surface area contributed by atoms with Gasteiger partial charge in [0.25, 0.3) is 0 Å². The topological polar surface area (TPSA) is 49.8 Å². The first-order valence-electron chi connectivity index (χ1n) is 6.31. The van der Waals surface area contributed by atoms with Gasteiger partial charge in [0.1, 0.15) is 5.82 Å². The van der Waals surface area contributed by atoms with Gasteiger partial charge in [-0.1, -0.05) is 23.7 Å². The van der Waals surface area contributed by atoms with Crippen LogP contribution in [-0.2, 0) is 0 Å². The predicted octanol–water partition coefficient (Wildman–Crippen LogP) is 4.09. The van der Waals surface area contributed by atoms with Gasteiger partial charge in [0.15, 0.2) is 0 Å². The highest BCUT2D eigenvalue weighted by molar-refractivity contribution is 6.33. The Morgan fingerprint density at radius 2 is 2.15 bits per heavy atom. The Balaban J connectivity index is 2.24. The van der Waals surface area contributed by atoms with Gasteiger partial charge in [-0.05, 0) is 37.1 Å². The summed E-state index contributed by atoms with van der Waals surface area (Å²) in [6.07, 6.45) is 3.45. The van der Waals surface area contributed by atoms with Crippen LogP contribution in [0.25, 0.3) is 0 Å². The molecule has 0 aliphatic rings. The predicted molar refractivity (Wildman–Crippen MR) is 84.9 cm³/mol. The highest BCUT2D eigenvalue weighted by Crippen LogP contribution is 2.29. The molecule has 0 radical (unpaired) electrons. The lowest BCUT2D eigenvalue weighted by atomic mass is 10.1. The molecule has 1 aromatic carbocycles. The molecular weight excluding hydrogens is 272 g/mol. The molecule has 0 saturated heterocycles. The van der Waals surface area contributed by atoms with Gasteiger partial charge in [-0.15, -0.1) is 6.58 Å². The van der Waals surface area contributed by atoms with Crippen molar-refractivity contribution in [3.63, 3.8) is 0 Å². The van der Waals surface area contributed by atoms with E-state index in [0.717, 1.165) is 16.8 Å². The number of rotatable bonds is 5. The number of aromatic nitrogens is 2. The highest BCUT2D eigenvalue weighted by Gasteiger charge is 2.07. The average molecular weight is 289 g/mol. The molecule has 1 aromatic heterocycles. The summed E-state index contributed by atoms with van der Waals surface area (Å²) in [6, 6.07) is 5.80. The number of hydrogen-bond donors (Lipinski definition) is 2. The van der Waals surface area contributed by atoms with Crippen LogP contribution in [-0.4, -0.2) is 16.5 Å². The van der Waals surface area contributed by atoms with E-state index < -0.39 is 0 Å². The molecule has 2 aromatic rings. The molecule has 20 heavy (non-hydrogen) atoms. The van der Waals surface area contributed by atoms with Crippen LogP contribution in [0.5, 0.6) is 0 Å². The molecule has 0 amide bonds. The third-order valence-electron chi connectivity index (χ3n) is 2.74. The van der Waals surface area contributed by atoms with Crippen LogP contribution >= 0.6 is 11.6 Å². The summed E-state index contributed by atoms with van der Waals surface area (Å²) in [7, 11) is 0. The number of hydrogen-bond acceptors (Lipinski definition) is 4. The first-order chi connectivity index (χ1) is 9.60. The number of benzene rings is 1. The molecule has 1 heterocycles. The van der Waals surface area contributed by atoms with Crippen LogP contribution < -0.4 is 10.6 Å². The maximum absolute atomic E-state index is 6.27. The minimum atomic E-state index is 0.552. The normalized spacial score (nSPS) is 10.2. The van der Waals surface area contributed by atoms with E-state index in [1.165, 1.54) is 0 Å². The molecule has 2 rings (SSSR count). The zero-order chi connectivity index (χ0) is 14.5. The first-order valence-corrected chi connectivity index (χ1v) is 6.69. The summed E-state index contributed by atoms with van der Waals surface area (Å²) in [6.45, 7) is 8.30. The number of aryl methyl sites for hydroxylation is 2. The third-order valence-corrected chi connectivity index (χ3v) is 3.04. The van der Waals surface area contributed by atoms with E-state index in [1.54, 1.807) is 18.3 Å². The van der Waals surface area contributed by atoms with Gasteiger partial charge in [0.2, 0.25) is 5.95 Å². The number of anilines is 3. The summed E-state index contributed by atoms with van der Waals surface area (Å²) in [4.78, 5) is 8.50. The number of nitrogens with one attached hydrogen (secondary N) is 2. The smallest absolute Gasteiger partial charge is 0.224 e. The second kappa shape index (κ2) is 6.39. The fourth-order valence-corrected chi connectivity index (χ4v) is 2.25. The summed E-state index contributed by atoms with van der Waals surface area (Å²) in [5.74, 6) is 1.25. The molecule has 0 atom stereocenters. The molecule has 0 unspecified atom stereocenters. The minimum absolute atomic E-state index is 0.552. The molecule has 0 spiro atoms. The molecule has 5 heteroatoms. The van der Waals surface area contributed by atoms with E-state index in [4.69, 9.17) is 11.6 Å². The summed E-state index contributed by atoms with van der Waals surface area (Å²) in [5, 5.41) is 6.96. The molecule has 0 fully saturated rings. The second-order valence-electron chi connectivity index (χ2n) is 4.50. The Morgan fingerprint density at radius 3 is 2.85 bits per heavy atom. The van der Waals surface area contributed by atoms with Crippen molar-refractivity contribution in [1.29, 1.82) is 0 Å². The van der Waals surface area contributed by atoms with Crippen molar-refractivity contribution in [3.05, 3.63) is 53.2 Å². The Labute approximate surface area is 123 Å². The van der Waals surface area contributed by atoms with Gasteiger partial charge in [0.05, 0.1) is 10.7 Å². The standard InChI is InChI=1S/C15H17ClN4/c1-4-6-17-15-18-7-5-13(20-15)19-14-11(3)8-10(2)9-12(14)16/h4-5,7-9H,1,6H2,2-3H3,(H2,17,18,19,20). The summed E-state index contributed by atoms with van der Waals surface area (Å²) in [5.41, 5.74) is 3.08. The zero-order valence-electron chi connectivity index (χ0n) is 11.6. The van der Waals surface area contributed by atoms with Crippen molar-refractivity contribution in [2.75, 3.05) is 17.2 Å². The van der Waals surface area contributed by atoms with E-state index in [9.17, 15) is 0 Å². The van der Waals surface area contributed by atoms with Crippen molar-refractivity contribution >= 4 is 29.1 Å². The quantitative estimate of drug-likeness (QED) is 0.814. The Kier molecular flexibility index (Phi) is 4.58. The van der Waals surface area contributed by atoms with E-state index in [2.05, 4.69) is 33.2 Å². The molecule has 0 aliphatic heterocycles. The molecule has 104 valence electrons. The van der Waals surface area contributed by atoms with Crippen LogP contribution in [0.3, 0.4) is 0 Å². The van der Waals surface area contributed by atoms with E-state index >= 15 is 0 Å². The van der Waals surface area contributed by atoms with Gasteiger partial charge in [-0.25, -0.2) is 4.98 Å². The summed E-state index contributed by atoms with van der Waals surface area (Å²) >= 11 is 6.27. The largest absolute Gasteiger partial charge is 0.351 e. The van der Waals surface area contributed by atoms with E-state index in [0.29, 0.717) is 23.3 Å². The lowest BCUT2D eigenvalue weighted by Crippen LogP contribution is -2.05. The average Bonchev–Trinajstić information content (AvgIpc) is 2.41. The van der Waals surface area contributed by atoms with Gasteiger partial charge >= 0.3 is 0 Å². The number of nitrogens with zero attached hydrogens (tertiary/aromatic N) is 2. The van der Waals surface area contributed by atoms with Crippen LogP contribution in [0, 0.1) is 13.8 Å². The van der Waals surface area contributed by atoms with E-state index in [-0.39, 0.29) is 0 Å². The van der Waals surface area contributed by atoms with Crippen LogP contribution in [0.1, 0.15) is 11.1 Å². The van der Waals surface area contributed by atoms with Crippen LogP contribution in [0.4, 0.5) is 17.5 Å². The first kappa shape index (κ1) is 14.3. The van der Waals surface area contributed by atoms with Crippen molar-refractivity contribution < 1.29 is 0 Å². The van der Waals surface area contributed by atoms with Crippen molar-refractivity contribution in [3.8, 4) is 0 Å². The maximum atomic E-state index is 6.27. The van der Waals surface area contributed by atoms with Crippen molar-refractivity contribution in [1.82, 2.24) is 9.97 Å². The van der Waals surface area contributed by atoms with Gasteiger partial charge < -0.3 is 10.6 Å². The zero-order valence-corrected chi connectivity index (χ0v) is 12.3. The van der Waals surface area contributed by atoms with Crippen LogP contribution in [0.2, 0.25) is 5.02 Å². The highest BCUT2D eigenvalue weighted by atomic mass is 35.5. The van der Waals surface area contributed by atoms with Gasteiger partial charge in [-0.2, -0.15) is 4.98 Å². The molecular formula is C15H17ClN4. The van der Waals surface area contributed by atoms with E-state index in [1.807, 2.05) is 19.9 Å². The third kappa shape index (κ3) is 3.48. The van der Waals surface area contributed by atoms with Crippen LogP contribution in [0.15, 0.2) is 37.1 Å². The molecule has 4 nitrogen and oxygen atoms in total. The Morgan fingerprint density at radius 1 is 1.35 bits per heavy atom. The van der Waals surface area contributed by atoms with Crippen molar-refractivity contribution in [2.24, 2.45) is 0 Å². The second-order valence-corrected chi connectivity index (χ2v) is 4.91. The Hall–Kier alpha value is -2.07. The molecule has 0 aliphatic carbocycles. The number of halogens is 1. The van der Waals surface area contributed by atoms with Gasteiger partial charge in [-0.3, -0.25) is 0 Å². The SMILES string of the molecule is C=CCNc1nccc(Nc2c(C)cc(C)cc2Cl)n1. The maximum Gasteiger partial charge on any atom is 0.224 e. The monoisotopic (exact) mass is 288 g/mol. The molecule has 0 saturated carbocycles. The minimum Gasteiger partial charge on any atom is -0.351 e. The van der Waals surface area contributed by atoms with Crippen molar-refractivity contribution in [2.45, 2.75) is 13.8 Å². The summed E-state index contributed by atoms with van der Waals surface area (Å²) < 4.78 is 0. The fraction of sp³-hybridized carbons (Fsp3) is 0.200. The van der Waals surface area contributed by atoms with Gasteiger partial charge in [0, 0.05) is 12.7 Å².